The summed E-state index contributed by atoms with van der Waals surface area (Å²) in [5, 5.41) is 40.7. The van der Waals surface area contributed by atoms with Crippen molar-refractivity contribution in [1.29, 1.82) is 0 Å². The van der Waals surface area contributed by atoms with Crippen molar-refractivity contribution in [3.63, 3.8) is 0 Å². The van der Waals surface area contributed by atoms with Crippen molar-refractivity contribution in [3.8, 4) is 17.0 Å². The molecule has 0 radical (unpaired) electrons. The molecule has 1 fully saturated rings. The third-order valence-corrected chi connectivity index (χ3v) is 7.13. The average Bonchev–Trinajstić information content (AvgIpc) is 2.89. The molecule has 3 heterocycles. The van der Waals surface area contributed by atoms with Gasteiger partial charge in [0.05, 0.1) is 66.8 Å². The first kappa shape index (κ1) is 25.1. The third kappa shape index (κ3) is 3.84. The lowest BCUT2D eigenvalue weighted by Crippen LogP contribution is -2.45. The summed E-state index contributed by atoms with van der Waals surface area (Å²) in [7, 11) is 2.00. The van der Waals surface area contributed by atoms with Gasteiger partial charge in [-0.3, -0.25) is 28.5 Å². The van der Waals surface area contributed by atoms with Gasteiger partial charge >= 0.3 is 0 Å². The second-order valence-corrected chi connectivity index (χ2v) is 9.27. The first-order valence-corrected chi connectivity index (χ1v) is 12.2. The van der Waals surface area contributed by atoms with E-state index in [9.17, 15) is 34.8 Å². The van der Waals surface area contributed by atoms with Gasteiger partial charge in [-0.15, -0.1) is 0 Å². The number of hydrogen-bond acceptors (Lipinski definition) is 10. The van der Waals surface area contributed by atoms with Crippen LogP contribution in [-0.2, 0) is 13.1 Å². The minimum Gasteiger partial charge on any atom is -0.494 e. The van der Waals surface area contributed by atoms with Crippen LogP contribution in [0.2, 0.25) is 0 Å². The molecular formula is C25H29N5O7. The standard InChI is InChI=1S/C25H29N5O7/c1-27-3-5-28(6-4-27)17-13-15-18-19-14(22(34)30(8-11-33)25(37)21(17)19)12-16(26-2-9-31)20(18)24(36)29(7-10-32)23(15)35/h12-13,31-33,35H,2-11H2,1H3. The van der Waals surface area contributed by atoms with Gasteiger partial charge in [-0.05, 0) is 19.2 Å². The lowest BCUT2D eigenvalue weighted by atomic mass is 9.89. The van der Waals surface area contributed by atoms with Gasteiger partial charge in [0.15, 0.2) is 0 Å². The van der Waals surface area contributed by atoms with Gasteiger partial charge in [0.2, 0.25) is 5.88 Å². The number of pyridine rings is 2. The van der Waals surface area contributed by atoms with Crippen LogP contribution in [0.5, 0.6) is 5.88 Å². The van der Waals surface area contributed by atoms with Gasteiger partial charge in [-0.1, -0.05) is 0 Å². The number of hydrogen-bond donors (Lipinski definition) is 4. The summed E-state index contributed by atoms with van der Waals surface area (Å²) in [5.74, 6) is -0.378. The van der Waals surface area contributed by atoms with E-state index in [2.05, 4.69) is 9.89 Å². The van der Waals surface area contributed by atoms with Crippen LogP contribution in [0.4, 0.5) is 5.69 Å². The molecule has 0 spiro atoms. The van der Waals surface area contributed by atoms with Gasteiger partial charge in [0.1, 0.15) is 0 Å². The van der Waals surface area contributed by atoms with Crippen molar-refractivity contribution < 1.29 is 20.4 Å². The van der Waals surface area contributed by atoms with Gasteiger partial charge in [-0.2, -0.15) is 0 Å². The van der Waals surface area contributed by atoms with Crippen LogP contribution in [0.3, 0.4) is 0 Å². The lowest BCUT2D eigenvalue weighted by Gasteiger charge is -2.35. The van der Waals surface area contributed by atoms with Crippen LogP contribution in [0.25, 0.3) is 32.7 Å². The Bertz CT molecular complexity index is 1670. The molecule has 0 amide bonds. The molecule has 0 atom stereocenters. The Morgan fingerprint density at radius 1 is 0.811 bits per heavy atom. The van der Waals surface area contributed by atoms with Crippen LogP contribution < -0.4 is 26.9 Å². The predicted octanol–water partition coefficient (Wildman–Crippen LogP) is -2.01. The molecule has 12 heteroatoms. The van der Waals surface area contributed by atoms with Gasteiger partial charge in [0.25, 0.3) is 16.7 Å². The number of piperazine rings is 1. The van der Waals surface area contributed by atoms with E-state index in [0.29, 0.717) is 18.8 Å². The molecule has 1 aromatic heterocycles. The quantitative estimate of drug-likeness (QED) is 0.206. The highest BCUT2D eigenvalue weighted by Gasteiger charge is 2.30. The number of aromatic nitrogens is 2. The minimum absolute atomic E-state index is 0.0318. The molecule has 1 aliphatic carbocycles. The Hall–Kier alpha value is -3.58. The van der Waals surface area contributed by atoms with Crippen molar-refractivity contribution in [3.05, 3.63) is 48.6 Å². The molecule has 3 aliphatic rings. The number of nitrogens with zero attached hydrogens (tertiary/aromatic N) is 5. The van der Waals surface area contributed by atoms with Crippen molar-refractivity contribution in [1.82, 2.24) is 14.0 Å². The fraction of sp³-hybridized carbons (Fsp3) is 0.440. The summed E-state index contributed by atoms with van der Waals surface area (Å²) in [5.41, 5.74) is -0.928. The minimum atomic E-state index is -0.634. The molecular weight excluding hydrogens is 482 g/mol. The van der Waals surface area contributed by atoms with Crippen LogP contribution in [-0.4, -0.2) is 94.1 Å². The maximum absolute atomic E-state index is 13.7. The summed E-state index contributed by atoms with van der Waals surface area (Å²) >= 11 is 0. The first-order chi connectivity index (χ1) is 17.8. The highest BCUT2D eigenvalue weighted by molar-refractivity contribution is 6.19. The maximum Gasteiger partial charge on any atom is 0.263 e. The fourth-order valence-corrected chi connectivity index (χ4v) is 5.34. The van der Waals surface area contributed by atoms with E-state index in [1.807, 2.05) is 11.9 Å². The van der Waals surface area contributed by atoms with E-state index >= 15 is 0 Å². The second kappa shape index (κ2) is 9.71. The molecule has 0 saturated carbocycles. The van der Waals surface area contributed by atoms with E-state index < -0.39 is 29.9 Å². The average molecular weight is 512 g/mol. The summed E-state index contributed by atoms with van der Waals surface area (Å²) in [4.78, 5) is 49.3. The summed E-state index contributed by atoms with van der Waals surface area (Å²) < 4.78 is 2.04. The molecule has 1 aromatic carbocycles. The van der Waals surface area contributed by atoms with Gasteiger partial charge < -0.3 is 30.2 Å². The van der Waals surface area contributed by atoms with E-state index in [1.165, 1.54) is 6.07 Å². The Morgan fingerprint density at radius 3 is 2.11 bits per heavy atom. The van der Waals surface area contributed by atoms with Crippen LogP contribution in [0.1, 0.15) is 0 Å². The van der Waals surface area contributed by atoms with Crippen molar-refractivity contribution in [2.24, 2.45) is 4.99 Å². The highest BCUT2D eigenvalue weighted by atomic mass is 16.3. The SMILES string of the molecule is CN1CCN(c2cc3c(O)n(CCO)c(=O)c4c(=NCCO)cc5c(=O)n(CCO)c(=O)c2c-5c34)CC1. The zero-order valence-electron chi connectivity index (χ0n) is 20.5. The highest BCUT2D eigenvalue weighted by Crippen LogP contribution is 2.42. The Morgan fingerprint density at radius 2 is 1.46 bits per heavy atom. The Kier molecular flexibility index (Phi) is 6.58. The monoisotopic (exact) mass is 511 g/mol. The van der Waals surface area contributed by atoms with E-state index in [4.69, 9.17) is 0 Å². The Balaban J connectivity index is 2.06. The normalized spacial score (nSPS) is 15.7. The van der Waals surface area contributed by atoms with Crippen molar-refractivity contribution >= 4 is 27.2 Å². The number of likely N-dealkylation sites (N-methyl/N-ethyl adjacent to an activating group) is 1. The van der Waals surface area contributed by atoms with E-state index in [0.717, 1.165) is 22.2 Å². The molecule has 0 unspecified atom stereocenters. The maximum atomic E-state index is 13.7. The molecule has 1 saturated heterocycles. The summed E-state index contributed by atoms with van der Waals surface area (Å²) in [6.45, 7) is 1.17. The molecule has 0 bridgehead atoms. The largest absolute Gasteiger partial charge is 0.494 e. The van der Waals surface area contributed by atoms with Gasteiger partial charge in [0, 0.05) is 42.5 Å². The van der Waals surface area contributed by atoms with Crippen LogP contribution >= 0.6 is 0 Å². The summed E-state index contributed by atoms with van der Waals surface area (Å²) in [6, 6.07) is 3.09. The molecule has 196 valence electrons. The summed E-state index contributed by atoms with van der Waals surface area (Å²) in [6.07, 6.45) is 0. The number of rotatable bonds is 7. The molecule has 2 aromatic rings. The predicted molar refractivity (Wildman–Crippen MR) is 138 cm³/mol. The van der Waals surface area contributed by atoms with Crippen LogP contribution in [0.15, 0.2) is 31.5 Å². The van der Waals surface area contributed by atoms with Crippen molar-refractivity contribution in [2.45, 2.75) is 13.1 Å². The van der Waals surface area contributed by atoms with Crippen LogP contribution in [0, 0.1) is 0 Å². The molecule has 37 heavy (non-hydrogen) atoms. The molecule has 5 rings (SSSR count). The number of aliphatic hydroxyl groups is 3. The third-order valence-electron chi connectivity index (χ3n) is 7.13. The topological polar surface area (TPSA) is 161 Å². The van der Waals surface area contributed by atoms with E-state index in [-0.39, 0.29) is 70.2 Å². The zero-order valence-corrected chi connectivity index (χ0v) is 20.5. The smallest absolute Gasteiger partial charge is 0.263 e. The number of benzene rings is 2. The molecule has 12 nitrogen and oxygen atoms in total. The zero-order chi connectivity index (χ0) is 26.4. The van der Waals surface area contributed by atoms with E-state index in [1.54, 1.807) is 6.07 Å². The fourth-order valence-electron chi connectivity index (χ4n) is 5.34. The van der Waals surface area contributed by atoms with Crippen molar-refractivity contribution in [2.75, 3.05) is 64.5 Å². The van der Waals surface area contributed by atoms with Gasteiger partial charge in [-0.25, -0.2) is 0 Å². The number of anilines is 1. The number of aliphatic hydroxyl groups excluding tert-OH is 3. The first-order valence-electron chi connectivity index (χ1n) is 12.2. The molecule has 4 N–H and O–H groups in total. The molecule has 2 aliphatic heterocycles. The Labute approximate surface area is 210 Å². The number of aromatic hydroxyl groups is 1. The lowest BCUT2D eigenvalue weighted by molar-refractivity contribution is 0.265. The second-order valence-electron chi connectivity index (χ2n) is 9.27.